The summed E-state index contributed by atoms with van der Waals surface area (Å²) >= 11 is 0. The smallest absolute Gasteiger partial charge is 0.273 e. The van der Waals surface area contributed by atoms with E-state index in [9.17, 15) is 9.90 Å². The van der Waals surface area contributed by atoms with Crippen molar-refractivity contribution < 1.29 is 14.6 Å². The number of nitrogens with one attached hydrogen (secondary N) is 1. The van der Waals surface area contributed by atoms with Crippen molar-refractivity contribution in [1.82, 2.24) is 15.1 Å². The molecule has 0 spiro atoms. The van der Waals surface area contributed by atoms with E-state index in [4.69, 9.17) is 4.74 Å². The highest BCUT2D eigenvalue weighted by Crippen LogP contribution is 2.46. The van der Waals surface area contributed by atoms with Crippen LogP contribution in [0.25, 0.3) is 11.3 Å². The molecule has 5 aromatic rings. The number of aromatic hydroxyl groups is 1. The monoisotopic (exact) mass is 501 g/mol. The molecule has 0 saturated heterocycles. The number of nitrogens with zero attached hydrogens (tertiary/aromatic N) is 2. The number of aromatic amines is 1. The lowest BCUT2D eigenvalue weighted by atomic mass is 9.94. The third kappa shape index (κ3) is 4.20. The summed E-state index contributed by atoms with van der Waals surface area (Å²) in [6.07, 6.45) is 0. The molecule has 2 heterocycles. The fourth-order valence-electron chi connectivity index (χ4n) is 5.20. The van der Waals surface area contributed by atoms with Gasteiger partial charge in [0.1, 0.15) is 28.6 Å². The van der Waals surface area contributed by atoms with Gasteiger partial charge in [-0.05, 0) is 66.4 Å². The molecule has 0 saturated carbocycles. The second-order valence-corrected chi connectivity index (χ2v) is 9.65. The zero-order valence-corrected chi connectivity index (χ0v) is 21.2. The van der Waals surface area contributed by atoms with E-state index >= 15 is 0 Å². The highest BCUT2D eigenvalue weighted by atomic mass is 16.5. The fraction of sp³-hybridized carbons (Fsp3) is 0.125. The molecule has 38 heavy (non-hydrogen) atoms. The van der Waals surface area contributed by atoms with Crippen molar-refractivity contribution in [3.8, 4) is 28.5 Å². The Kier molecular flexibility index (Phi) is 5.92. The van der Waals surface area contributed by atoms with Crippen molar-refractivity contribution in [3.05, 3.63) is 131 Å². The second-order valence-electron chi connectivity index (χ2n) is 9.65. The Bertz CT molecular complexity index is 1630. The molecule has 1 aliphatic heterocycles. The lowest BCUT2D eigenvalue weighted by Crippen LogP contribution is -2.29. The normalized spacial score (nSPS) is 14.5. The van der Waals surface area contributed by atoms with Gasteiger partial charge in [-0.15, -0.1) is 0 Å². The first-order chi connectivity index (χ1) is 18.5. The zero-order valence-electron chi connectivity index (χ0n) is 21.2. The Hall–Kier alpha value is -4.84. The number of hydrogen-bond donors (Lipinski definition) is 2. The van der Waals surface area contributed by atoms with Crippen LogP contribution in [0.1, 0.15) is 44.3 Å². The molecule has 0 fully saturated rings. The van der Waals surface area contributed by atoms with Gasteiger partial charge in [0.15, 0.2) is 0 Å². The molecular formula is C32H27N3O3. The number of phenolic OH excluding ortho intramolecular Hbond substituents is 1. The summed E-state index contributed by atoms with van der Waals surface area (Å²) in [7, 11) is 0. The molecule has 6 heteroatoms. The second kappa shape index (κ2) is 9.56. The number of benzene rings is 4. The van der Waals surface area contributed by atoms with Gasteiger partial charge in [0, 0.05) is 17.7 Å². The third-order valence-corrected chi connectivity index (χ3v) is 6.91. The minimum atomic E-state index is -0.425. The van der Waals surface area contributed by atoms with Crippen LogP contribution in [0.3, 0.4) is 0 Å². The largest absolute Gasteiger partial charge is 0.507 e. The first kappa shape index (κ1) is 23.6. The lowest BCUT2D eigenvalue weighted by Gasteiger charge is -2.27. The van der Waals surface area contributed by atoms with E-state index in [1.165, 1.54) is 0 Å². The molecule has 6 nitrogen and oxygen atoms in total. The Labute approximate surface area is 221 Å². The van der Waals surface area contributed by atoms with Crippen molar-refractivity contribution in [3.63, 3.8) is 0 Å². The number of amides is 1. The number of carbonyl (C=O) groups is 1. The summed E-state index contributed by atoms with van der Waals surface area (Å²) in [4.78, 5) is 15.6. The molecule has 4 aromatic carbocycles. The van der Waals surface area contributed by atoms with E-state index in [2.05, 4.69) is 10.2 Å². The van der Waals surface area contributed by atoms with Crippen LogP contribution < -0.4 is 4.74 Å². The third-order valence-electron chi connectivity index (χ3n) is 6.91. The SMILES string of the molecule is Cc1cc(C)c(O)c(-c2n[nH]c3c2C(c2cccc(Oc4ccccc4)c2)N(Cc2ccccc2)C3=O)c1. The number of H-pyrrole nitrogens is 1. The molecule has 0 radical (unpaired) electrons. The van der Waals surface area contributed by atoms with Crippen LogP contribution in [0.5, 0.6) is 17.2 Å². The zero-order chi connectivity index (χ0) is 26.2. The van der Waals surface area contributed by atoms with E-state index in [1.54, 1.807) is 0 Å². The maximum absolute atomic E-state index is 13.8. The fourth-order valence-corrected chi connectivity index (χ4v) is 5.20. The predicted molar refractivity (Wildman–Crippen MR) is 146 cm³/mol. The number of ether oxygens (including phenoxy) is 1. The first-order valence-corrected chi connectivity index (χ1v) is 12.6. The molecule has 188 valence electrons. The van der Waals surface area contributed by atoms with Gasteiger partial charge in [0.2, 0.25) is 0 Å². The Balaban J connectivity index is 1.49. The van der Waals surface area contributed by atoms with Crippen LogP contribution in [0, 0.1) is 13.8 Å². The standard InChI is InChI=1S/C32H27N3O3/c1-20-16-21(2)31(36)26(17-20)28-27-29(34-33-28)32(37)35(19-22-10-5-3-6-11-22)30(27)23-12-9-15-25(18-23)38-24-13-7-4-8-14-24/h3-18,30,36H,19H2,1-2H3,(H,33,34). The number of aromatic nitrogens is 2. The van der Waals surface area contributed by atoms with Crippen LogP contribution in [-0.4, -0.2) is 26.1 Å². The maximum atomic E-state index is 13.8. The molecular weight excluding hydrogens is 474 g/mol. The molecule has 2 N–H and O–H groups in total. The van der Waals surface area contributed by atoms with Gasteiger partial charge in [0.25, 0.3) is 5.91 Å². The average Bonchev–Trinajstić information content (AvgIpc) is 3.46. The van der Waals surface area contributed by atoms with Crippen molar-refractivity contribution in [1.29, 1.82) is 0 Å². The van der Waals surface area contributed by atoms with Crippen LogP contribution >= 0.6 is 0 Å². The predicted octanol–water partition coefficient (Wildman–Crippen LogP) is 6.94. The summed E-state index contributed by atoms with van der Waals surface area (Å²) in [5.41, 5.74) is 6.06. The van der Waals surface area contributed by atoms with Gasteiger partial charge in [-0.1, -0.05) is 66.7 Å². The van der Waals surface area contributed by atoms with E-state index in [-0.39, 0.29) is 11.7 Å². The number of carbonyl (C=O) groups excluding carboxylic acids is 1. The molecule has 6 rings (SSSR count). The van der Waals surface area contributed by atoms with Gasteiger partial charge in [0.05, 0.1) is 6.04 Å². The van der Waals surface area contributed by atoms with E-state index < -0.39 is 6.04 Å². The number of phenols is 1. The van der Waals surface area contributed by atoms with Gasteiger partial charge < -0.3 is 14.7 Å². The van der Waals surface area contributed by atoms with Crippen LogP contribution in [-0.2, 0) is 6.54 Å². The van der Waals surface area contributed by atoms with Crippen molar-refractivity contribution in [2.24, 2.45) is 0 Å². The molecule has 1 aliphatic rings. The number of fused-ring (bicyclic) bond motifs is 1. The van der Waals surface area contributed by atoms with Crippen molar-refractivity contribution in [2.75, 3.05) is 0 Å². The summed E-state index contributed by atoms with van der Waals surface area (Å²) in [6.45, 7) is 4.28. The molecule has 0 bridgehead atoms. The van der Waals surface area contributed by atoms with Gasteiger partial charge in [-0.25, -0.2) is 0 Å². The summed E-state index contributed by atoms with van der Waals surface area (Å²) in [6, 6.07) is 30.8. The van der Waals surface area contributed by atoms with E-state index in [0.717, 1.165) is 33.6 Å². The van der Waals surface area contributed by atoms with Gasteiger partial charge in [-0.3, -0.25) is 9.89 Å². The topological polar surface area (TPSA) is 78.5 Å². The highest BCUT2D eigenvalue weighted by Gasteiger charge is 2.42. The average molecular weight is 502 g/mol. The van der Waals surface area contributed by atoms with Gasteiger partial charge >= 0.3 is 0 Å². The summed E-state index contributed by atoms with van der Waals surface area (Å²) < 4.78 is 6.13. The highest BCUT2D eigenvalue weighted by molar-refractivity contribution is 6.00. The molecule has 0 aliphatic carbocycles. The minimum Gasteiger partial charge on any atom is -0.507 e. The van der Waals surface area contributed by atoms with Crippen molar-refractivity contribution in [2.45, 2.75) is 26.4 Å². The number of hydrogen-bond acceptors (Lipinski definition) is 4. The lowest BCUT2D eigenvalue weighted by molar-refractivity contribution is 0.0730. The van der Waals surface area contributed by atoms with Crippen molar-refractivity contribution >= 4 is 5.91 Å². The van der Waals surface area contributed by atoms with E-state index in [0.29, 0.717) is 29.2 Å². The number of para-hydroxylation sites is 1. The van der Waals surface area contributed by atoms with Crippen LogP contribution in [0.15, 0.2) is 97.1 Å². The Morgan fingerprint density at radius 1 is 0.895 bits per heavy atom. The quantitative estimate of drug-likeness (QED) is 0.264. The number of rotatable bonds is 6. The molecule has 1 aromatic heterocycles. The van der Waals surface area contributed by atoms with Gasteiger partial charge in [-0.2, -0.15) is 5.10 Å². The van der Waals surface area contributed by atoms with Crippen LogP contribution in [0.2, 0.25) is 0 Å². The van der Waals surface area contributed by atoms with E-state index in [1.807, 2.05) is 116 Å². The minimum absolute atomic E-state index is 0.133. The Morgan fingerprint density at radius 2 is 1.61 bits per heavy atom. The molecule has 1 amide bonds. The summed E-state index contributed by atoms with van der Waals surface area (Å²) in [5, 5.41) is 18.5. The molecule has 1 atom stereocenters. The summed E-state index contributed by atoms with van der Waals surface area (Å²) in [5.74, 6) is 1.44. The maximum Gasteiger partial charge on any atom is 0.273 e. The molecule has 1 unspecified atom stereocenters. The number of aryl methyl sites for hydroxylation is 2. The Morgan fingerprint density at radius 3 is 2.37 bits per heavy atom. The van der Waals surface area contributed by atoms with Crippen LogP contribution in [0.4, 0.5) is 0 Å². The first-order valence-electron chi connectivity index (χ1n) is 12.6.